The highest BCUT2D eigenvalue weighted by molar-refractivity contribution is 6.32. The van der Waals surface area contributed by atoms with Gasteiger partial charge in [0.2, 0.25) is 0 Å². The van der Waals surface area contributed by atoms with Crippen LogP contribution in [0.25, 0.3) is 16.9 Å². The van der Waals surface area contributed by atoms with Gasteiger partial charge in [-0.2, -0.15) is 18.3 Å². The normalized spacial score (nSPS) is 16.1. The molecule has 196 valence electrons. The second-order valence-electron chi connectivity index (χ2n) is 9.74. The molecule has 1 aromatic heterocycles. The van der Waals surface area contributed by atoms with Crippen molar-refractivity contribution in [1.82, 2.24) is 20.0 Å². The highest BCUT2D eigenvalue weighted by atomic mass is 35.5. The van der Waals surface area contributed by atoms with Crippen LogP contribution in [-0.4, -0.2) is 51.4 Å². The lowest BCUT2D eigenvalue weighted by atomic mass is 10.1. The van der Waals surface area contributed by atoms with Crippen molar-refractivity contribution in [1.29, 1.82) is 0 Å². The third-order valence-electron chi connectivity index (χ3n) is 5.70. The van der Waals surface area contributed by atoms with Gasteiger partial charge in [0.05, 0.1) is 22.4 Å². The third-order valence-corrected chi connectivity index (χ3v) is 6.02. The minimum atomic E-state index is -4.64. The van der Waals surface area contributed by atoms with Gasteiger partial charge in [0, 0.05) is 24.2 Å². The Morgan fingerprint density at radius 2 is 1.76 bits per heavy atom. The van der Waals surface area contributed by atoms with E-state index in [1.54, 1.807) is 74.2 Å². The first kappa shape index (κ1) is 26.5. The van der Waals surface area contributed by atoms with Gasteiger partial charge in [-0.05, 0) is 57.5 Å². The first-order valence-corrected chi connectivity index (χ1v) is 12.0. The fourth-order valence-electron chi connectivity index (χ4n) is 4.04. The molecule has 0 radical (unpaired) electrons. The molecule has 4 rings (SSSR count). The lowest BCUT2D eigenvalue weighted by Gasteiger charge is -2.22. The van der Waals surface area contributed by atoms with E-state index in [2.05, 4.69) is 10.4 Å². The van der Waals surface area contributed by atoms with Crippen molar-refractivity contribution < 1.29 is 27.5 Å². The van der Waals surface area contributed by atoms with Crippen LogP contribution in [0.3, 0.4) is 0 Å². The molecule has 2 aromatic carbocycles. The van der Waals surface area contributed by atoms with Crippen molar-refractivity contribution in [3.63, 3.8) is 0 Å². The number of amides is 2. The van der Waals surface area contributed by atoms with Crippen LogP contribution in [0.1, 0.15) is 43.2 Å². The average molecular weight is 535 g/mol. The fourth-order valence-corrected chi connectivity index (χ4v) is 4.25. The maximum Gasteiger partial charge on any atom is 0.435 e. The van der Waals surface area contributed by atoms with E-state index in [-0.39, 0.29) is 22.7 Å². The predicted molar refractivity (Wildman–Crippen MR) is 133 cm³/mol. The number of carbonyl (C=O) groups excluding carboxylic acids is 2. The van der Waals surface area contributed by atoms with Gasteiger partial charge in [-0.3, -0.25) is 4.79 Å². The molecule has 1 aliphatic rings. The summed E-state index contributed by atoms with van der Waals surface area (Å²) < 4.78 is 46.8. The Balaban J connectivity index is 1.52. The zero-order valence-electron chi connectivity index (χ0n) is 20.5. The van der Waals surface area contributed by atoms with Crippen LogP contribution in [0.4, 0.5) is 18.0 Å². The Labute approximate surface area is 217 Å². The summed E-state index contributed by atoms with van der Waals surface area (Å²) in [4.78, 5) is 26.7. The fraction of sp³-hybridized carbons (Fsp3) is 0.346. The number of nitrogens with zero attached hydrogens (tertiary/aromatic N) is 3. The number of hydrogen-bond donors (Lipinski definition) is 1. The van der Waals surface area contributed by atoms with Gasteiger partial charge in [-0.25, -0.2) is 9.48 Å². The zero-order chi connectivity index (χ0) is 27.0. The minimum absolute atomic E-state index is 0.183. The molecule has 0 aliphatic carbocycles. The molecule has 1 unspecified atom stereocenters. The van der Waals surface area contributed by atoms with Crippen LogP contribution in [0.5, 0.6) is 0 Å². The molecule has 1 fully saturated rings. The van der Waals surface area contributed by atoms with E-state index in [0.29, 0.717) is 36.3 Å². The Morgan fingerprint density at radius 1 is 1.08 bits per heavy atom. The number of ether oxygens (including phenoxy) is 1. The molecule has 3 aromatic rings. The minimum Gasteiger partial charge on any atom is -0.444 e. The summed E-state index contributed by atoms with van der Waals surface area (Å²) in [6.45, 7) is 6.09. The number of rotatable bonds is 4. The summed E-state index contributed by atoms with van der Waals surface area (Å²) in [6, 6.07) is 13.5. The Kier molecular flexibility index (Phi) is 7.23. The summed E-state index contributed by atoms with van der Waals surface area (Å²) in [5, 5.41) is 6.77. The Bertz CT molecular complexity index is 1300. The van der Waals surface area contributed by atoms with Gasteiger partial charge < -0.3 is 15.0 Å². The molecule has 1 saturated heterocycles. The van der Waals surface area contributed by atoms with Crippen LogP contribution in [0, 0.1) is 0 Å². The monoisotopic (exact) mass is 534 g/mol. The van der Waals surface area contributed by atoms with Gasteiger partial charge in [0.15, 0.2) is 5.69 Å². The number of para-hydroxylation sites is 1. The summed E-state index contributed by atoms with van der Waals surface area (Å²) in [5.41, 5.74) is -0.380. The number of aromatic nitrogens is 2. The van der Waals surface area contributed by atoms with Gasteiger partial charge in [0.25, 0.3) is 5.91 Å². The summed E-state index contributed by atoms with van der Waals surface area (Å²) in [6.07, 6.45) is -4.60. The predicted octanol–water partition coefficient (Wildman–Crippen LogP) is 5.95. The molecule has 7 nitrogen and oxygen atoms in total. The molecular weight excluding hydrogens is 509 g/mol. The van der Waals surface area contributed by atoms with Crippen molar-refractivity contribution in [2.24, 2.45) is 0 Å². The maximum absolute atomic E-state index is 13.5. The number of carbonyl (C=O) groups is 2. The second kappa shape index (κ2) is 10.1. The van der Waals surface area contributed by atoms with E-state index < -0.39 is 23.6 Å². The standard InChI is InChI=1S/C26H26ClF3N4O3/c1-25(2,3)37-24(36)31-18-12-13-33(15-18)23(35)17-10-8-16(9-11-17)21-14-22(26(28,29)30)32-34(21)20-7-5-4-6-19(20)27/h4-11,14,18H,12-13,15H2,1-3H3,(H,31,36). The largest absolute Gasteiger partial charge is 0.444 e. The lowest BCUT2D eigenvalue weighted by Crippen LogP contribution is -2.41. The van der Waals surface area contributed by atoms with Crippen molar-refractivity contribution in [2.75, 3.05) is 13.1 Å². The molecule has 1 aliphatic heterocycles. The second-order valence-corrected chi connectivity index (χ2v) is 10.1. The molecule has 0 spiro atoms. The number of likely N-dealkylation sites (tertiary alicyclic amines) is 1. The van der Waals surface area contributed by atoms with E-state index >= 15 is 0 Å². The van der Waals surface area contributed by atoms with Gasteiger partial charge in [-0.1, -0.05) is 35.9 Å². The molecule has 37 heavy (non-hydrogen) atoms. The molecule has 2 heterocycles. The van der Waals surface area contributed by atoms with E-state index in [9.17, 15) is 22.8 Å². The molecule has 1 atom stereocenters. The molecule has 0 bridgehead atoms. The number of nitrogens with one attached hydrogen (secondary N) is 1. The molecule has 2 amide bonds. The molecule has 0 saturated carbocycles. The highest BCUT2D eigenvalue weighted by Gasteiger charge is 2.35. The van der Waals surface area contributed by atoms with E-state index in [0.717, 1.165) is 10.7 Å². The summed E-state index contributed by atoms with van der Waals surface area (Å²) in [7, 11) is 0. The molecule has 1 N–H and O–H groups in total. The van der Waals surface area contributed by atoms with Crippen LogP contribution in [-0.2, 0) is 10.9 Å². The van der Waals surface area contributed by atoms with E-state index in [1.165, 1.54) is 0 Å². The SMILES string of the molecule is CC(C)(C)OC(=O)NC1CCN(C(=O)c2ccc(-c3cc(C(F)(F)F)nn3-c3ccccc3Cl)cc2)C1. The Hall–Kier alpha value is -3.53. The van der Waals surface area contributed by atoms with Crippen LogP contribution >= 0.6 is 11.6 Å². The quantitative estimate of drug-likeness (QED) is 0.449. The first-order chi connectivity index (χ1) is 17.3. The van der Waals surface area contributed by atoms with Crippen LogP contribution in [0.15, 0.2) is 54.6 Å². The zero-order valence-corrected chi connectivity index (χ0v) is 21.2. The highest BCUT2D eigenvalue weighted by Crippen LogP contribution is 2.34. The van der Waals surface area contributed by atoms with Gasteiger partial charge in [0.1, 0.15) is 5.60 Å². The lowest BCUT2D eigenvalue weighted by molar-refractivity contribution is -0.141. The number of alkyl halides is 3. The summed E-state index contributed by atoms with van der Waals surface area (Å²) >= 11 is 6.23. The third kappa shape index (κ3) is 6.25. The van der Waals surface area contributed by atoms with E-state index in [1.807, 2.05) is 0 Å². The molecule has 11 heteroatoms. The van der Waals surface area contributed by atoms with Crippen molar-refractivity contribution in [3.8, 4) is 16.9 Å². The topological polar surface area (TPSA) is 76.5 Å². The van der Waals surface area contributed by atoms with Crippen molar-refractivity contribution in [2.45, 2.75) is 45.0 Å². The number of alkyl carbamates (subject to hydrolysis) is 1. The van der Waals surface area contributed by atoms with Crippen molar-refractivity contribution in [3.05, 3.63) is 70.9 Å². The van der Waals surface area contributed by atoms with Crippen LogP contribution in [0.2, 0.25) is 5.02 Å². The number of halogens is 4. The summed E-state index contributed by atoms with van der Waals surface area (Å²) in [5.74, 6) is -0.240. The number of hydrogen-bond acceptors (Lipinski definition) is 4. The smallest absolute Gasteiger partial charge is 0.435 e. The Morgan fingerprint density at radius 3 is 2.38 bits per heavy atom. The maximum atomic E-state index is 13.5. The van der Waals surface area contributed by atoms with Gasteiger partial charge in [-0.15, -0.1) is 0 Å². The number of benzene rings is 2. The van der Waals surface area contributed by atoms with Crippen molar-refractivity contribution >= 4 is 23.6 Å². The first-order valence-electron chi connectivity index (χ1n) is 11.6. The van der Waals surface area contributed by atoms with Gasteiger partial charge >= 0.3 is 12.3 Å². The average Bonchev–Trinajstić information content (AvgIpc) is 3.45. The molecular formula is C26H26ClF3N4O3. The van der Waals surface area contributed by atoms with Crippen LogP contribution < -0.4 is 5.32 Å². The van der Waals surface area contributed by atoms with E-state index in [4.69, 9.17) is 16.3 Å².